The van der Waals surface area contributed by atoms with Gasteiger partial charge in [-0.2, -0.15) is 19.2 Å². The largest absolute Gasteiger partial charge is 0.508 e. The summed E-state index contributed by atoms with van der Waals surface area (Å²) in [6.07, 6.45) is 6.07. The van der Waals surface area contributed by atoms with Crippen molar-refractivity contribution in [3.05, 3.63) is 207 Å². The third kappa shape index (κ3) is 16.2. The van der Waals surface area contributed by atoms with E-state index in [2.05, 4.69) is 85.7 Å². The molecule has 2 N–H and O–H groups in total. The van der Waals surface area contributed by atoms with Gasteiger partial charge in [0.05, 0.1) is 32.3 Å². The summed E-state index contributed by atoms with van der Waals surface area (Å²) in [6, 6.07) is 39.4. The molecule has 6 aromatic carbocycles. The first-order chi connectivity index (χ1) is 37.1. The maximum absolute atomic E-state index is 9.47. The fourth-order valence-electron chi connectivity index (χ4n) is 9.00. The van der Waals surface area contributed by atoms with Gasteiger partial charge in [0.1, 0.15) is 41.0 Å². The summed E-state index contributed by atoms with van der Waals surface area (Å²) in [5.74, 6) is 4.45. The van der Waals surface area contributed by atoms with Crippen molar-refractivity contribution in [3.8, 4) is 34.0 Å². The van der Waals surface area contributed by atoms with Crippen molar-refractivity contribution in [2.24, 2.45) is 0 Å². The maximum Gasteiger partial charge on any atom is 0.373 e. The molecule has 0 aliphatic heterocycles. The molecule has 0 bridgehead atoms. The van der Waals surface area contributed by atoms with E-state index in [9.17, 15) is 10.2 Å². The van der Waals surface area contributed by atoms with E-state index in [1.54, 1.807) is 42.5 Å². The predicted molar refractivity (Wildman–Crippen MR) is 306 cm³/mol. The number of aromatic nitrogens is 2. The molecule has 0 spiro atoms. The molecule has 4 atom stereocenters. The highest BCUT2D eigenvalue weighted by molar-refractivity contribution is 6.39. The Bertz CT molecular complexity index is 3260. The third-order valence-electron chi connectivity index (χ3n) is 13.0. The average molecular weight is 1180 g/mol. The highest BCUT2D eigenvalue weighted by Crippen LogP contribution is 2.57. The number of carbonyl (C=O) groups excluding carboxylic acids is 4. The molecule has 11 nitrogen and oxygen atoms in total. The molecule has 0 amide bonds. The Balaban J connectivity index is 0.000000220. The first-order valence-corrected chi connectivity index (χ1v) is 26.9. The molecule has 0 radical (unpaired) electrons. The summed E-state index contributed by atoms with van der Waals surface area (Å²) in [5.41, 5.74) is 11.6. The Kier molecular flexibility index (Phi) is 24.3. The van der Waals surface area contributed by atoms with Crippen LogP contribution in [0.25, 0.3) is 22.5 Å². The van der Waals surface area contributed by atoms with Crippen LogP contribution in [-0.4, -0.2) is 32.8 Å². The van der Waals surface area contributed by atoms with Gasteiger partial charge >= 0.3 is 12.3 Å². The number of phenolic OH excluding ortho intramolecular Hbond substituents is 1. The molecule has 2 saturated carbocycles. The van der Waals surface area contributed by atoms with Gasteiger partial charge in [0.2, 0.25) is 0 Å². The second kappa shape index (κ2) is 30.2. The quantitative estimate of drug-likeness (QED) is 0.106. The number of nitrogens with zero attached hydrogens (tertiary/aromatic N) is 2. The molecule has 2 heterocycles. The number of rotatable bonds is 14. The first-order valence-electron chi connectivity index (χ1n) is 24.6. The molecular formula is C61H58Cl6N2O9. The van der Waals surface area contributed by atoms with E-state index in [0.29, 0.717) is 88.4 Å². The van der Waals surface area contributed by atoms with E-state index >= 15 is 0 Å². The van der Waals surface area contributed by atoms with Crippen LogP contribution in [0.2, 0.25) is 30.1 Å². The lowest BCUT2D eigenvalue weighted by molar-refractivity contribution is -0.193. The van der Waals surface area contributed by atoms with Crippen molar-refractivity contribution in [2.45, 2.75) is 111 Å². The molecule has 10 rings (SSSR count). The number of aliphatic hydroxyl groups is 1. The van der Waals surface area contributed by atoms with Crippen LogP contribution in [0, 0.1) is 13.8 Å². The van der Waals surface area contributed by atoms with Crippen LogP contribution < -0.4 is 4.74 Å². The summed E-state index contributed by atoms with van der Waals surface area (Å²) in [6.45, 7) is 8.48. The van der Waals surface area contributed by atoms with Gasteiger partial charge in [-0.15, -0.1) is 0 Å². The van der Waals surface area contributed by atoms with E-state index in [-0.39, 0.29) is 38.7 Å². The van der Waals surface area contributed by atoms with Crippen molar-refractivity contribution < 1.29 is 43.2 Å². The van der Waals surface area contributed by atoms with E-state index < -0.39 is 0 Å². The Labute approximate surface area is 484 Å². The predicted octanol–water partition coefficient (Wildman–Crippen LogP) is 17.6. The Morgan fingerprint density at radius 2 is 0.949 bits per heavy atom. The number of halogens is 6. The summed E-state index contributed by atoms with van der Waals surface area (Å²) < 4.78 is 17.1. The maximum atomic E-state index is 9.47. The molecule has 2 aliphatic rings. The number of aromatic hydroxyl groups is 1. The first kappa shape index (κ1) is 62.6. The molecule has 4 unspecified atom stereocenters. The standard InChI is InChI=1S/C29H26Cl3NO2.C16H15ClO.C13H13Cl2NO2.2CO2.CH4/c1-3-5-27-23(29(33-35-27)28-24(30)6-4-7-25(28)31)16-34-19-12-13-20(26(32)14-19)22-15-21(22)18-10-8-17(2)9-11-18;1-10-2-4-11(5-3-10)14-9-15(14)13-7-6-12(18)8-16(13)17;1-2-4-11-8(7-17)13(16-18-11)12-9(14)5-3-6-10(12)15;2*2-1-3;/h4,6-14,21-22H,3,5,15-16H2,1-2H3;2-8,14-15,18H,9H2,1H3;3,5-6,17H,2,4,7H2,1H3;;;1H4. The van der Waals surface area contributed by atoms with Crippen LogP contribution in [0.1, 0.15) is 127 Å². The van der Waals surface area contributed by atoms with Crippen LogP contribution in [0.3, 0.4) is 0 Å². The molecule has 408 valence electrons. The number of benzene rings is 6. The van der Waals surface area contributed by atoms with Gasteiger partial charge in [-0.25, -0.2) is 0 Å². The molecule has 2 aromatic heterocycles. The van der Waals surface area contributed by atoms with Crippen molar-refractivity contribution in [1.29, 1.82) is 0 Å². The summed E-state index contributed by atoms with van der Waals surface area (Å²) in [5, 5.41) is 30.6. The van der Waals surface area contributed by atoms with Crippen molar-refractivity contribution in [2.75, 3.05) is 0 Å². The van der Waals surface area contributed by atoms with Crippen molar-refractivity contribution >= 4 is 81.9 Å². The molecule has 0 saturated heterocycles. The number of hydrogen-bond donors (Lipinski definition) is 2. The topological polar surface area (TPSA) is 170 Å². The van der Waals surface area contributed by atoms with Gasteiger partial charge in [0.25, 0.3) is 0 Å². The lowest BCUT2D eigenvalue weighted by atomic mass is 10.0. The minimum Gasteiger partial charge on any atom is -0.508 e. The SMILES string of the molecule is C.CCCc1onc(-c2c(Cl)cccc2Cl)c1CO.CCCc1onc(-c2c(Cl)cccc2Cl)c1COc1ccc(C2CC2c2ccc(C)cc2)c(Cl)c1.Cc1ccc(C2CC2c2ccc(O)cc2Cl)cc1.O=C=O.O=C=O. The molecule has 17 heteroatoms. The van der Waals surface area contributed by atoms with Crippen LogP contribution in [0.5, 0.6) is 11.5 Å². The number of phenols is 1. The van der Waals surface area contributed by atoms with Crippen molar-refractivity contribution in [1.82, 2.24) is 10.3 Å². The van der Waals surface area contributed by atoms with Crippen LogP contribution in [-0.2, 0) is 45.2 Å². The fraction of sp³-hybridized carbons (Fsp3) is 0.279. The van der Waals surface area contributed by atoms with Gasteiger partial charge in [-0.05, 0) is 134 Å². The number of aliphatic hydroxyl groups excluding tert-OH is 1. The molecular weight excluding hydrogens is 1120 g/mol. The zero-order valence-electron chi connectivity index (χ0n) is 42.4. The van der Waals surface area contributed by atoms with E-state index in [1.807, 2.05) is 31.2 Å². The fourth-order valence-corrected chi connectivity index (χ4v) is 10.8. The highest BCUT2D eigenvalue weighted by Gasteiger charge is 2.41. The van der Waals surface area contributed by atoms with Gasteiger partial charge < -0.3 is 24.0 Å². The molecule has 2 aliphatic carbocycles. The van der Waals surface area contributed by atoms with Crippen molar-refractivity contribution in [3.63, 3.8) is 0 Å². The number of hydrogen-bond acceptors (Lipinski definition) is 11. The van der Waals surface area contributed by atoms with Gasteiger partial charge in [0.15, 0.2) is 0 Å². The number of aryl methyl sites for hydroxylation is 4. The lowest BCUT2D eigenvalue weighted by Crippen LogP contribution is -2.01. The van der Waals surface area contributed by atoms with Gasteiger partial charge in [-0.3, -0.25) is 0 Å². The zero-order valence-corrected chi connectivity index (χ0v) is 47.0. The van der Waals surface area contributed by atoms with Crippen LogP contribution in [0.4, 0.5) is 0 Å². The smallest absolute Gasteiger partial charge is 0.373 e. The molecule has 8 aromatic rings. The highest BCUT2D eigenvalue weighted by atomic mass is 35.5. The second-order valence-corrected chi connectivity index (χ2v) is 20.7. The average Bonchev–Trinajstić information content (AvgIpc) is 4.34. The minimum absolute atomic E-state index is 0. The zero-order chi connectivity index (χ0) is 55.8. The molecule has 78 heavy (non-hydrogen) atoms. The minimum atomic E-state index is -0.143. The lowest BCUT2D eigenvalue weighted by Gasteiger charge is -2.11. The summed E-state index contributed by atoms with van der Waals surface area (Å²) in [4.78, 5) is 32.5. The van der Waals surface area contributed by atoms with Gasteiger partial charge in [-0.1, -0.05) is 185 Å². The Morgan fingerprint density at radius 1 is 0.551 bits per heavy atom. The second-order valence-electron chi connectivity index (χ2n) is 18.3. The van der Waals surface area contributed by atoms with Crippen LogP contribution in [0.15, 0.2) is 130 Å². The summed E-state index contributed by atoms with van der Waals surface area (Å²) in [7, 11) is 0. The summed E-state index contributed by atoms with van der Waals surface area (Å²) >= 11 is 38.1. The third-order valence-corrected chi connectivity index (χ3v) is 14.9. The number of ether oxygens (including phenoxy) is 1. The van der Waals surface area contributed by atoms with Gasteiger partial charge in [0, 0.05) is 39.6 Å². The van der Waals surface area contributed by atoms with Crippen LogP contribution >= 0.6 is 69.6 Å². The normalized spacial score (nSPS) is 15.4. The van der Waals surface area contributed by atoms with E-state index in [0.717, 1.165) is 60.4 Å². The van der Waals surface area contributed by atoms with E-state index in [1.165, 1.54) is 27.8 Å². The van der Waals surface area contributed by atoms with E-state index in [4.69, 9.17) is 103 Å². The molecule has 2 fully saturated rings. The Hall–Kier alpha value is -6.20. The Morgan fingerprint density at radius 3 is 1.35 bits per heavy atom. The monoisotopic (exact) mass is 1170 g/mol.